The number of phenols is 2. The Hall–Kier alpha value is -2.89. The summed E-state index contributed by atoms with van der Waals surface area (Å²) in [7, 11) is 0. The lowest BCUT2D eigenvalue weighted by molar-refractivity contribution is -0.277. The van der Waals surface area contributed by atoms with Crippen molar-refractivity contribution in [1.29, 1.82) is 0 Å². The van der Waals surface area contributed by atoms with Gasteiger partial charge in [0.15, 0.2) is 5.78 Å². The quantitative estimate of drug-likeness (QED) is 0.374. The Morgan fingerprint density at radius 2 is 1.71 bits per heavy atom. The van der Waals surface area contributed by atoms with Crippen molar-refractivity contribution >= 4 is 5.78 Å². The molecule has 2 aliphatic rings. The van der Waals surface area contributed by atoms with Crippen LogP contribution in [0.25, 0.3) is 0 Å². The smallest absolute Gasteiger partial charge is 0.229 e. The summed E-state index contributed by atoms with van der Waals surface area (Å²) in [5.41, 5.74) is 0.583. The Bertz CT molecular complexity index is 957. The van der Waals surface area contributed by atoms with Crippen LogP contribution in [0.4, 0.5) is 0 Å². The van der Waals surface area contributed by atoms with Gasteiger partial charge < -0.3 is 44.8 Å². The molecule has 0 bridgehead atoms. The van der Waals surface area contributed by atoms with Crippen LogP contribution >= 0.6 is 0 Å². The molecule has 4 rings (SSSR count). The molecule has 10 heteroatoms. The van der Waals surface area contributed by atoms with Gasteiger partial charge >= 0.3 is 0 Å². The van der Waals surface area contributed by atoms with Crippen LogP contribution in [-0.4, -0.2) is 80.3 Å². The number of benzene rings is 2. The second-order valence-electron chi connectivity index (χ2n) is 7.45. The van der Waals surface area contributed by atoms with Crippen LogP contribution in [-0.2, 0) is 4.74 Å². The fourth-order valence-corrected chi connectivity index (χ4v) is 3.68. The number of hydrogen-bond donors (Lipinski definition) is 6. The zero-order chi connectivity index (χ0) is 22.3. The Morgan fingerprint density at radius 3 is 2.39 bits per heavy atom. The molecular formula is C21H22O10. The third-order valence-electron chi connectivity index (χ3n) is 5.42. The molecular weight excluding hydrogens is 412 g/mol. The molecule has 2 heterocycles. The van der Waals surface area contributed by atoms with Gasteiger partial charge in [0.2, 0.25) is 6.29 Å². The van der Waals surface area contributed by atoms with Gasteiger partial charge in [0.25, 0.3) is 0 Å². The summed E-state index contributed by atoms with van der Waals surface area (Å²) in [5, 5.41) is 59.0. The van der Waals surface area contributed by atoms with Crippen molar-refractivity contribution in [2.75, 3.05) is 13.2 Å². The summed E-state index contributed by atoms with van der Waals surface area (Å²) >= 11 is 0. The highest BCUT2D eigenvalue weighted by Gasteiger charge is 2.45. The van der Waals surface area contributed by atoms with Crippen LogP contribution in [0.15, 0.2) is 36.4 Å². The second kappa shape index (κ2) is 8.33. The van der Waals surface area contributed by atoms with Crippen LogP contribution in [0.1, 0.15) is 21.8 Å². The molecule has 0 amide bonds. The van der Waals surface area contributed by atoms with Crippen molar-refractivity contribution in [1.82, 2.24) is 0 Å². The minimum Gasteiger partial charge on any atom is -0.508 e. The molecule has 6 N–H and O–H groups in total. The number of carbonyl (C=O) groups is 1. The fraction of sp³-hybridized carbons (Fsp3) is 0.381. The molecule has 1 unspecified atom stereocenters. The number of aliphatic hydroxyl groups is 4. The molecule has 0 spiro atoms. The summed E-state index contributed by atoms with van der Waals surface area (Å²) in [4.78, 5) is 12.9. The van der Waals surface area contributed by atoms with Crippen molar-refractivity contribution in [3.63, 3.8) is 0 Å². The van der Waals surface area contributed by atoms with Crippen LogP contribution in [0.2, 0.25) is 0 Å². The average Bonchev–Trinajstić information content (AvgIpc) is 2.75. The highest BCUT2D eigenvalue weighted by Crippen LogP contribution is 2.41. The van der Waals surface area contributed by atoms with Gasteiger partial charge in [0.1, 0.15) is 59.6 Å². The minimum absolute atomic E-state index is 0.000448. The van der Waals surface area contributed by atoms with Gasteiger partial charge in [0.05, 0.1) is 12.5 Å². The zero-order valence-electron chi connectivity index (χ0n) is 16.2. The van der Waals surface area contributed by atoms with Crippen molar-refractivity contribution in [2.45, 2.75) is 36.6 Å². The number of ketones is 1. The Labute approximate surface area is 176 Å². The number of ether oxygens (including phenoxy) is 3. The van der Waals surface area contributed by atoms with E-state index in [-0.39, 0.29) is 35.2 Å². The van der Waals surface area contributed by atoms with Crippen LogP contribution in [0.5, 0.6) is 23.0 Å². The number of aliphatic hydroxyl groups excluding tert-OH is 4. The molecule has 6 atom stereocenters. The molecule has 10 nitrogen and oxygen atoms in total. The normalized spacial score (nSPS) is 30.4. The monoisotopic (exact) mass is 434 g/mol. The molecule has 166 valence electrons. The van der Waals surface area contributed by atoms with Crippen molar-refractivity contribution in [3.8, 4) is 23.0 Å². The maximum absolute atomic E-state index is 12.9. The first-order chi connectivity index (χ1) is 14.8. The third kappa shape index (κ3) is 3.91. The number of rotatable bonds is 4. The maximum Gasteiger partial charge on any atom is 0.229 e. The van der Waals surface area contributed by atoms with E-state index in [1.54, 1.807) is 12.1 Å². The fourth-order valence-electron chi connectivity index (χ4n) is 3.68. The molecule has 2 aromatic carbocycles. The van der Waals surface area contributed by atoms with E-state index >= 15 is 0 Å². The van der Waals surface area contributed by atoms with E-state index in [1.807, 2.05) is 0 Å². The largest absolute Gasteiger partial charge is 0.508 e. The SMILES string of the molecule is O=C1c2c(O)cc(O[C@@H]3O[C@H](CO)[C@@H](O)[C@H](O)[C@H]3O)cc2OCC1c1ccc(O)cc1. The first-order valence-corrected chi connectivity index (χ1v) is 9.60. The number of aromatic hydroxyl groups is 2. The van der Waals surface area contributed by atoms with E-state index in [2.05, 4.69) is 0 Å². The van der Waals surface area contributed by atoms with E-state index in [0.29, 0.717) is 5.56 Å². The van der Waals surface area contributed by atoms with Crippen LogP contribution in [0.3, 0.4) is 0 Å². The predicted molar refractivity (Wildman–Crippen MR) is 103 cm³/mol. The van der Waals surface area contributed by atoms with Gasteiger partial charge in [-0.25, -0.2) is 0 Å². The molecule has 0 aliphatic carbocycles. The van der Waals surface area contributed by atoms with Gasteiger partial charge in [-0.15, -0.1) is 0 Å². The number of fused-ring (bicyclic) bond motifs is 1. The van der Waals surface area contributed by atoms with Crippen molar-refractivity contribution < 1.29 is 49.6 Å². The van der Waals surface area contributed by atoms with Gasteiger partial charge in [-0.2, -0.15) is 0 Å². The van der Waals surface area contributed by atoms with Gasteiger partial charge in [-0.1, -0.05) is 12.1 Å². The molecule has 2 aliphatic heterocycles. The highest BCUT2D eigenvalue weighted by molar-refractivity contribution is 6.06. The highest BCUT2D eigenvalue weighted by atomic mass is 16.7. The molecule has 0 aromatic heterocycles. The molecule has 0 saturated carbocycles. The van der Waals surface area contributed by atoms with Gasteiger partial charge in [-0.05, 0) is 17.7 Å². The summed E-state index contributed by atoms with van der Waals surface area (Å²) in [6.07, 6.45) is -7.38. The number of Topliss-reactive ketones (excluding diaryl/α,β-unsaturated/α-hetero) is 1. The Kier molecular flexibility index (Phi) is 5.73. The Morgan fingerprint density at radius 1 is 1.00 bits per heavy atom. The number of phenolic OH excluding ortho intramolecular Hbond substituents is 2. The first-order valence-electron chi connectivity index (χ1n) is 9.60. The number of carbonyl (C=O) groups excluding carboxylic acids is 1. The van der Waals surface area contributed by atoms with E-state index < -0.39 is 49.0 Å². The second-order valence-corrected chi connectivity index (χ2v) is 7.45. The standard InChI is InChI=1S/C21H22O10/c22-7-15-18(26)19(27)20(28)21(31-15)30-11-5-13(24)16-14(6-11)29-8-12(17(16)25)9-1-3-10(23)4-2-9/h1-6,12,15,18-24,26-28H,7-8H2/t12?,15-,18-,19+,20-,21-/m1/s1. The molecule has 0 radical (unpaired) electrons. The summed E-state index contributed by atoms with van der Waals surface area (Å²) < 4.78 is 16.4. The lowest BCUT2D eigenvalue weighted by Crippen LogP contribution is -2.60. The topological polar surface area (TPSA) is 166 Å². The van der Waals surface area contributed by atoms with Crippen molar-refractivity contribution in [2.24, 2.45) is 0 Å². The minimum atomic E-state index is -1.63. The van der Waals surface area contributed by atoms with E-state index in [4.69, 9.17) is 14.2 Å². The summed E-state index contributed by atoms with van der Waals surface area (Å²) in [5.74, 6) is -1.34. The van der Waals surface area contributed by atoms with Crippen molar-refractivity contribution in [3.05, 3.63) is 47.5 Å². The van der Waals surface area contributed by atoms with E-state index in [1.165, 1.54) is 18.2 Å². The molecule has 2 aromatic rings. The predicted octanol–water partition coefficient (Wildman–Crippen LogP) is -0.365. The molecule has 1 saturated heterocycles. The van der Waals surface area contributed by atoms with E-state index in [9.17, 15) is 35.4 Å². The zero-order valence-corrected chi connectivity index (χ0v) is 16.2. The third-order valence-corrected chi connectivity index (χ3v) is 5.42. The maximum atomic E-state index is 12.9. The molecule has 31 heavy (non-hydrogen) atoms. The first kappa shape index (κ1) is 21.3. The Balaban J connectivity index is 1.57. The van der Waals surface area contributed by atoms with E-state index in [0.717, 1.165) is 6.07 Å². The lowest BCUT2D eigenvalue weighted by atomic mass is 9.88. The van der Waals surface area contributed by atoms with Gasteiger partial charge in [-0.3, -0.25) is 4.79 Å². The van der Waals surface area contributed by atoms with Crippen LogP contribution in [0, 0.1) is 0 Å². The summed E-state index contributed by atoms with van der Waals surface area (Å²) in [6.45, 7) is -0.615. The lowest BCUT2D eigenvalue weighted by Gasteiger charge is -2.39. The molecule has 1 fully saturated rings. The number of hydrogen-bond acceptors (Lipinski definition) is 10. The van der Waals surface area contributed by atoms with Crippen LogP contribution < -0.4 is 9.47 Å². The summed E-state index contributed by atoms with van der Waals surface area (Å²) in [6, 6.07) is 8.58. The van der Waals surface area contributed by atoms with Gasteiger partial charge in [0, 0.05) is 12.1 Å². The average molecular weight is 434 g/mol.